The largest absolute Gasteiger partial charge is 0.337 e. The van der Waals surface area contributed by atoms with Crippen molar-refractivity contribution in [3.8, 4) is 0 Å². The average Bonchev–Trinajstić information content (AvgIpc) is 2.52. The van der Waals surface area contributed by atoms with Gasteiger partial charge in [-0.2, -0.15) is 0 Å². The fraction of sp³-hybridized carbons (Fsp3) is 0.235. The minimum absolute atomic E-state index is 0.0652. The van der Waals surface area contributed by atoms with Crippen molar-refractivity contribution in [3.05, 3.63) is 59.1 Å². The van der Waals surface area contributed by atoms with E-state index in [-0.39, 0.29) is 10.3 Å². The van der Waals surface area contributed by atoms with Gasteiger partial charge < -0.3 is 10.6 Å². The van der Waals surface area contributed by atoms with E-state index < -0.39 is 16.1 Å². The Morgan fingerprint density at radius 2 is 1.84 bits per heavy atom. The summed E-state index contributed by atoms with van der Waals surface area (Å²) >= 11 is 6.01. The first kappa shape index (κ1) is 19.2. The summed E-state index contributed by atoms with van der Waals surface area (Å²) in [5.74, 6) is 0. The highest BCUT2D eigenvalue weighted by molar-refractivity contribution is 7.89. The summed E-state index contributed by atoms with van der Waals surface area (Å²) in [4.78, 5) is 12.0. The maximum absolute atomic E-state index is 12.1. The Morgan fingerprint density at radius 1 is 1.16 bits per heavy atom. The zero-order chi connectivity index (χ0) is 18.7. The van der Waals surface area contributed by atoms with E-state index in [2.05, 4.69) is 10.6 Å². The van der Waals surface area contributed by atoms with Crippen molar-refractivity contribution in [1.29, 1.82) is 0 Å². The molecule has 2 aromatic rings. The molecule has 0 fully saturated rings. The predicted molar refractivity (Wildman–Crippen MR) is 99.3 cm³/mol. The molecule has 25 heavy (non-hydrogen) atoms. The number of benzene rings is 2. The molecule has 0 bridgehead atoms. The average molecular weight is 382 g/mol. The lowest BCUT2D eigenvalue weighted by Crippen LogP contribution is -2.39. The molecule has 0 heterocycles. The van der Waals surface area contributed by atoms with Crippen LogP contribution in [0.4, 0.5) is 10.5 Å². The van der Waals surface area contributed by atoms with Gasteiger partial charge in [0.1, 0.15) is 0 Å². The quantitative estimate of drug-likeness (QED) is 0.741. The van der Waals surface area contributed by atoms with Crippen molar-refractivity contribution in [2.45, 2.75) is 24.2 Å². The van der Waals surface area contributed by atoms with Crippen LogP contribution in [0.15, 0.2) is 53.4 Å². The van der Waals surface area contributed by atoms with Crippen LogP contribution < -0.4 is 15.8 Å². The summed E-state index contributed by atoms with van der Waals surface area (Å²) in [5.41, 5.74) is 1.01. The predicted octanol–water partition coefficient (Wildman–Crippen LogP) is 3.09. The number of rotatable bonds is 5. The zero-order valence-corrected chi connectivity index (χ0v) is 15.5. The maximum Gasteiger partial charge on any atom is 0.319 e. The third kappa shape index (κ3) is 5.45. The first-order valence-electron chi connectivity index (χ1n) is 7.52. The lowest BCUT2D eigenvalue weighted by Gasteiger charge is -2.26. The van der Waals surface area contributed by atoms with Crippen molar-refractivity contribution in [2.24, 2.45) is 5.14 Å². The first-order chi connectivity index (χ1) is 11.6. The molecule has 2 rings (SSSR count). The van der Waals surface area contributed by atoms with Crippen molar-refractivity contribution in [2.75, 3.05) is 11.9 Å². The zero-order valence-electron chi connectivity index (χ0n) is 13.9. The molecule has 0 spiro atoms. The number of nitrogens with two attached hydrogens (primary N) is 1. The van der Waals surface area contributed by atoms with Gasteiger partial charge in [0.2, 0.25) is 10.0 Å². The van der Waals surface area contributed by atoms with Gasteiger partial charge in [-0.3, -0.25) is 0 Å². The molecule has 0 saturated carbocycles. The number of hydrogen-bond acceptors (Lipinski definition) is 3. The third-order valence-electron chi connectivity index (χ3n) is 3.72. The summed E-state index contributed by atoms with van der Waals surface area (Å²) in [6, 6.07) is 12.8. The van der Waals surface area contributed by atoms with Gasteiger partial charge in [0, 0.05) is 22.7 Å². The van der Waals surface area contributed by atoms with Crippen LogP contribution in [0.3, 0.4) is 0 Å². The highest BCUT2D eigenvalue weighted by Gasteiger charge is 2.21. The molecule has 0 atom stereocenters. The normalized spacial score (nSPS) is 11.8. The molecule has 0 aromatic heterocycles. The molecule has 0 aliphatic carbocycles. The molecule has 0 radical (unpaired) electrons. The second kappa shape index (κ2) is 7.43. The second-order valence-electron chi connectivity index (χ2n) is 6.27. The fourth-order valence-electron chi connectivity index (χ4n) is 2.24. The van der Waals surface area contributed by atoms with Crippen molar-refractivity contribution < 1.29 is 13.2 Å². The number of hydrogen-bond donors (Lipinski definition) is 3. The maximum atomic E-state index is 12.1. The number of primary sulfonamides is 1. The lowest BCUT2D eigenvalue weighted by atomic mass is 9.85. The van der Waals surface area contributed by atoms with Gasteiger partial charge in [0.15, 0.2) is 0 Å². The molecule has 0 unspecified atom stereocenters. The molecule has 0 aliphatic heterocycles. The van der Waals surface area contributed by atoms with E-state index in [9.17, 15) is 13.2 Å². The summed E-state index contributed by atoms with van der Waals surface area (Å²) in [6.45, 7) is 4.34. The van der Waals surface area contributed by atoms with Gasteiger partial charge in [-0.05, 0) is 35.9 Å². The van der Waals surface area contributed by atoms with Crippen LogP contribution in [0.5, 0.6) is 0 Å². The molecular formula is C17H20ClN3O3S. The Balaban J connectivity index is 2.01. The molecular weight excluding hydrogens is 362 g/mol. The standard InChI is InChI=1S/C17H20ClN3O3S/c1-17(2,12-5-3-6-13(18)9-12)11-20-16(22)21-14-7-4-8-15(10-14)25(19,23)24/h3-10H,11H2,1-2H3,(H2,19,23,24)(H2,20,21,22). The van der Waals surface area contributed by atoms with E-state index >= 15 is 0 Å². The summed E-state index contributed by atoms with van der Waals surface area (Å²) in [6.07, 6.45) is 0. The highest BCUT2D eigenvalue weighted by Crippen LogP contribution is 2.25. The van der Waals surface area contributed by atoms with Crippen LogP contribution in [-0.2, 0) is 15.4 Å². The Hall–Kier alpha value is -2.09. The van der Waals surface area contributed by atoms with Gasteiger partial charge in [-0.25, -0.2) is 18.4 Å². The van der Waals surface area contributed by atoms with Crippen LogP contribution in [0, 0.1) is 0 Å². The lowest BCUT2D eigenvalue weighted by molar-refractivity contribution is 0.249. The van der Waals surface area contributed by atoms with Gasteiger partial charge in [0.25, 0.3) is 0 Å². The van der Waals surface area contributed by atoms with E-state index in [4.69, 9.17) is 16.7 Å². The highest BCUT2D eigenvalue weighted by atomic mass is 35.5. The topological polar surface area (TPSA) is 101 Å². The monoisotopic (exact) mass is 381 g/mol. The molecule has 2 amide bonds. The molecule has 4 N–H and O–H groups in total. The van der Waals surface area contributed by atoms with Crippen LogP contribution in [0.1, 0.15) is 19.4 Å². The number of carbonyl (C=O) groups excluding carboxylic acids is 1. The van der Waals surface area contributed by atoms with E-state index in [1.165, 1.54) is 18.2 Å². The van der Waals surface area contributed by atoms with Gasteiger partial charge in [0.05, 0.1) is 4.90 Å². The molecule has 0 aliphatic rings. The van der Waals surface area contributed by atoms with Crippen molar-refractivity contribution in [3.63, 3.8) is 0 Å². The number of amides is 2. The smallest absolute Gasteiger partial charge is 0.319 e. The number of anilines is 1. The van der Waals surface area contributed by atoms with Crippen LogP contribution in [-0.4, -0.2) is 21.0 Å². The van der Waals surface area contributed by atoms with Crippen molar-refractivity contribution in [1.82, 2.24) is 5.32 Å². The minimum Gasteiger partial charge on any atom is -0.337 e. The van der Waals surface area contributed by atoms with Crippen molar-refractivity contribution >= 4 is 33.3 Å². The van der Waals surface area contributed by atoms with Crippen LogP contribution in [0.25, 0.3) is 0 Å². The van der Waals surface area contributed by atoms with E-state index in [1.54, 1.807) is 12.1 Å². The Bertz CT molecular complexity index is 882. The SMILES string of the molecule is CC(C)(CNC(=O)Nc1cccc(S(N)(=O)=O)c1)c1cccc(Cl)c1. The second-order valence-corrected chi connectivity index (χ2v) is 8.27. The van der Waals surface area contributed by atoms with Crippen LogP contribution >= 0.6 is 11.6 Å². The third-order valence-corrected chi connectivity index (χ3v) is 4.86. The van der Waals surface area contributed by atoms with E-state index in [0.717, 1.165) is 5.56 Å². The Kier molecular flexibility index (Phi) is 5.72. The number of halogens is 1. The summed E-state index contributed by atoms with van der Waals surface area (Å²) < 4.78 is 22.7. The van der Waals surface area contributed by atoms with Gasteiger partial charge in [-0.15, -0.1) is 0 Å². The van der Waals surface area contributed by atoms with Gasteiger partial charge in [-0.1, -0.05) is 43.6 Å². The molecule has 2 aromatic carbocycles. The fourth-order valence-corrected chi connectivity index (χ4v) is 2.99. The Morgan fingerprint density at radius 3 is 2.48 bits per heavy atom. The molecule has 0 saturated heterocycles. The number of urea groups is 1. The Labute approximate surface area is 152 Å². The van der Waals surface area contributed by atoms with E-state index in [1.807, 2.05) is 32.0 Å². The van der Waals surface area contributed by atoms with Gasteiger partial charge >= 0.3 is 6.03 Å². The number of sulfonamides is 1. The number of nitrogens with one attached hydrogen (secondary N) is 2. The number of carbonyl (C=O) groups is 1. The first-order valence-corrected chi connectivity index (χ1v) is 9.44. The minimum atomic E-state index is -3.82. The summed E-state index contributed by atoms with van der Waals surface area (Å²) in [7, 11) is -3.82. The molecule has 8 heteroatoms. The molecule has 134 valence electrons. The molecule has 6 nitrogen and oxygen atoms in total. The van der Waals surface area contributed by atoms with Crippen LogP contribution in [0.2, 0.25) is 5.02 Å². The van der Waals surface area contributed by atoms with E-state index in [0.29, 0.717) is 17.3 Å². The summed E-state index contributed by atoms with van der Waals surface area (Å²) in [5, 5.41) is 11.1.